The zero-order valence-electron chi connectivity index (χ0n) is 8.68. The smallest absolute Gasteiger partial charge is 0.273 e. The highest BCUT2D eigenvalue weighted by Crippen LogP contribution is 2.16. The van der Waals surface area contributed by atoms with Gasteiger partial charge >= 0.3 is 0 Å². The molecule has 0 spiro atoms. The van der Waals surface area contributed by atoms with Gasteiger partial charge in [-0.15, -0.1) is 10.2 Å². The zero-order valence-corrected chi connectivity index (χ0v) is 9.49. The van der Waals surface area contributed by atoms with E-state index in [4.69, 9.17) is 0 Å². The molecule has 2 heterocycles. The molecule has 0 unspecified atom stereocenters. The number of fused-ring (bicyclic) bond motifs is 1. The van der Waals surface area contributed by atoms with Gasteiger partial charge in [0.25, 0.3) is 5.91 Å². The van der Waals surface area contributed by atoms with Crippen LogP contribution in [0.25, 0.3) is 10.9 Å². The third kappa shape index (κ3) is 1.90. The molecule has 2 N–H and O–H groups in total. The number of carbonyl (C=O) groups is 1. The molecule has 0 aliphatic carbocycles. The normalized spacial score (nSPS) is 10.6. The molecule has 84 valence electrons. The highest BCUT2D eigenvalue weighted by molar-refractivity contribution is 7.13. The predicted octanol–water partition coefficient (Wildman–Crippen LogP) is 2.27. The van der Waals surface area contributed by atoms with Gasteiger partial charge < -0.3 is 4.98 Å². The predicted molar refractivity (Wildman–Crippen MR) is 66.2 cm³/mol. The second-order valence-electron chi connectivity index (χ2n) is 3.47. The number of rotatable bonds is 2. The number of nitrogens with one attached hydrogen (secondary N) is 2. The van der Waals surface area contributed by atoms with Gasteiger partial charge in [0, 0.05) is 10.9 Å². The Morgan fingerprint density at radius 2 is 2.24 bits per heavy atom. The van der Waals surface area contributed by atoms with Crippen molar-refractivity contribution >= 4 is 33.3 Å². The quantitative estimate of drug-likeness (QED) is 0.726. The lowest BCUT2D eigenvalue weighted by atomic mass is 10.2. The van der Waals surface area contributed by atoms with Crippen LogP contribution in [0.4, 0.5) is 5.13 Å². The van der Waals surface area contributed by atoms with Crippen molar-refractivity contribution in [3.63, 3.8) is 0 Å². The molecule has 0 aliphatic rings. The number of nitrogens with zero attached hydrogens (tertiary/aromatic N) is 2. The fraction of sp³-hybridized carbons (Fsp3) is 0. The summed E-state index contributed by atoms with van der Waals surface area (Å²) in [5.74, 6) is -0.210. The summed E-state index contributed by atoms with van der Waals surface area (Å²) in [6.07, 6.45) is 0. The Hall–Kier alpha value is -2.21. The van der Waals surface area contributed by atoms with Crippen LogP contribution in [0.15, 0.2) is 35.8 Å². The minimum atomic E-state index is -0.210. The molecule has 1 aromatic carbocycles. The van der Waals surface area contributed by atoms with E-state index in [9.17, 15) is 4.79 Å². The molecule has 0 fully saturated rings. The second-order valence-corrected chi connectivity index (χ2v) is 4.30. The van der Waals surface area contributed by atoms with Gasteiger partial charge in [-0.25, -0.2) is 0 Å². The van der Waals surface area contributed by atoms with Gasteiger partial charge in [0.2, 0.25) is 5.13 Å². The van der Waals surface area contributed by atoms with Crippen LogP contribution in [0.3, 0.4) is 0 Å². The molecule has 0 aliphatic heterocycles. The first-order chi connectivity index (χ1) is 8.33. The van der Waals surface area contributed by atoms with Gasteiger partial charge in [0.05, 0.1) is 0 Å². The fourth-order valence-corrected chi connectivity index (χ4v) is 2.03. The van der Waals surface area contributed by atoms with Crippen molar-refractivity contribution in [1.29, 1.82) is 0 Å². The lowest BCUT2D eigenvalue weighted by Crippen LogP contribution is -2.11. The summed E-state index contributed by atoms with van der Waals surface area (Å²) in [4.78, 5) is 14.9. The number of amides is 1. The Bertz CT molecular complexity index is 626. The van der Waals surface area contributed by atoms with Crippen LogP contribution in [-0.4, -0.2) is 21.1 Å². The Kier molecular flexibility index (Phi) is 2.34. The van der Waals surface area contributed by atoms with Gasteiger partial charge in [-0.2, -0.15) is 0 Å². The molecular weight excluding hydrogens is 236 g/mol. The number of para-hydroxylation sites is 1. The summed E-state index contributed by atoms with van der Waals surface area (Å²) in [7, 11) is 0. The van der Waals surface area contributed by atoms with Crippen molar-refractivity contribution in [3.8, 4) is 0 Å². The first kappa shape index (κ1) is 9.98. The first-order valence-corrected chi connectivity index (χ1v) is 5.86. The van der Waals surface area contributed by atoms with Crippen molar-refractivity contribution < 1.29 is 4.79 Å². The summed E-state index contributed by atoms with van der Waals surface area (Å²) < 4.78 is 0. The van der Waals surface area contributed by atoms with Crippen LogP contribution in [0.5, 0.6) is 0 Å². The second kappa shape index (κ2) is 3.99. The van der Waals surface area contributed by atoms with E-state index in [0.717, 1.165) is 10.9 Å². The number of hydrogen-bond donors (Lipinski definition) is 2. The van der Waals surface area contributed by atoms with Crippen LogP contribution in [0.1, 0.15) is 10.5 Å². The molecule has 0 atom stereocenters. The molecule has 2 aromatic heterocycles. The number of H-pyrrole nitrogens is 1. The summed E-state index contributed by atoms with van der Waals surface area (Å²) in [5.41, 5.74) is 3.03. The lowest BCUT2D eigenvalue weighted by Gasteiger charge is -1.96. The van der Waals surface area contributed by atoms with Crippen LogP contribution in [0, 0.1) is 0 Å². The number of anilines is 1. The van der Waals surface area contributed by atoms with Crippen molar-refractivity contribution in [3.05, 3.63) is 41.5 Å². The molecular formula is C11H8N4OS. The van der Waals surface area contributed by atoms with Gasteiger partial charge in [0.15, 0.2) is 0 Å². The van der Waals surface area contributed by atoms with Crippen molar-refractivity contribution in [2.75, 3.05) is 5.32 Å². The third-order valence-electron chi connectivity index (χ3n) is 2.36. The van der Waals surface area contributed by atoms with Crippen molar-refractivity contribution in [2.45, 2.75) is 0 Å². The summed E-state index contributed by atoms with van der Waals surface area (Å²) in [6, 6.07) is 9.55. The van der Waals surface area contributed by atoms with Crippen LogP contribution in [0.2, 0.25) is 0 Å². The van der Waals surface area contributed by atoms with E-state index in [0.29, 0.717) is 10.8 Å². The van der Waals surface area contributed by atoms with E-state index < -0.39 is 0 Å². The number of aromatic amines is 1. The van der Waals surface area contributed by atoms with Crippen LogP contribution in [-0.2, 0) is 0 Å². The average molecular weight is 244 g/mol. The molecule has 0 saturated carbocycles. The summed E-state index contributed by atoms with van der Waals surface area (Å²) in [5, 5.41) is 11.6. The van der Waals surface area contributed by atoms with E-state index >= 15 is 0 Å². The van der Waals surface area contributed by atoms with Gasteiger partial charge in [-0.3, -0.25) is 10.1 Å². The molecule has 3 aromatic rings. The third-order valence-corrected chi connectivity index (χ3v) is 2.96. The lowest BCUT2D eigenvalue weighted by molar-refractivity contribution is 0.102. The standard InChI is InChI=1S/C11H8N4OS/c16-10(14-11-15-12-6-17-11)9-5-7-3-1-2-4-8(7)13-9/h1-6,13H,(H,14,15,16). The van der Waals surface area contributed by atoms with E-state index in [2.05, 4.69) is 20.5 Å². The first-order valence-electron chi connectivity index (χ1n) is 4.98. The fourth-order valence-electron chi connectivity index (χ4n) is 1.59. The number of hydrogen-bond acceptors (Lipinski definition) is 4. The van der Waals surface area contributed by atoms with E-state index in [1.807, 2.05) is 30.3 Å². The maximum Gasteiger partial charge on any atom is 0.273 e. The molecule has 17 heavy (non-hydrogen) atoms. The van der Waals surface area contributed by atoms with E-state index in [1.54, 1.807) is 5.51 Å². The molecule has 6 heteroatoms. The number of aromatic nitrogens is 3. The van der Waals surface area contributed by atoms with Gasteiger partial charge in [-0.05, 0) is 12.1 Å². The minimum absolute atomic E-state index is 0.210. The van der Waals surface area contributed by atoms with E-state index in [1.165, 1.54) is 11.3 Å². The number of carbonyl (C=O) groups excluding carboxylic acids is 1. The Labute approximate surface area is 101 Å². The molecule has 0 radical (unpaired) electrons. The zero-order chi connectivity index (χ0) is 11.7. The van der Waals surface area contributed by atoms with Crippen LogP contribution < -0.4 is 5.32 Å². The Balaban J connectivity index is 1.90. The summed E-state index contributed by atoms with van der Waals surface area (Å²) >= 11 is 1.28. The van der Waals surface area contributed by atoms with Crippen molar-refractivity contribution in [2.24, 2.45) is 0 Å². The molecule has 1 amide bonds. The molecule has 0 bridgehead atoms. The van der Waals surface area contributed by atoms with E-state index in [-0.39, 0.29) is 5.91 Å². The number of benzene rings is 1. The summed E-state index contributed by atoms with van der Waals surface area (Å²) in [6.45, 7) is 0. The molecule has 0 saturated heterocycles. The highest BCUT2D eigenvalue weighted by atomic mass is 32.1. The Morgan fingerprint density at radius 1 is 1.35 bits per heavy atom. The SMILES string of the molecule is O=C(Nc1nncs1)c1cc2ccccc2[nH]1. The maximum atomic E-state index is 11.9. The highest BCUT2D eigenvalue weighted by Gasteiger charge is 2.10. The van der Waals surface area contributed by atoms with Gasteiger partial charge in [0.1, 0.15) is 11.2 Å². The largest absolute Gasteiger partial charge is 0.351 e. The molecule has 5 nitrogen and oxygen atoms in total. The monoisotopic (exact) mass is 244 g/mol. The Morgan fingerprint density at radius 3 is 3.00 bits per heavy atom. The maximum absolute atomic E-state index is 11.9. The topological polar surface area (TPSA) is 70.7 Å². The van der Waals surface area contributed by atoms with Gasteiger partial charge in [-0.1, -0.05) is 29.5 Å². The van der Waals surface area contributed by atoms with Crippen molar-refractivity contribution in [1.82, 2.24) is 15.2 Å². The average Bonchev–Trinajstić information content (AvgIpc) is 2.96. The molecule has 3 rings (SSSR count). The van der Waals surface area contributed by atoms with Crippen LogP contribution >= 0.6 is 11.3 Å². The minimum Gasteiger partial charge on any atom is -0.351 e.